The van der Waals surface area contributed by atoms with Gasteiger partial charge in [0.1, 0.15) is 0 Å². The Kier molecular flexibility index (Phi) is 3.69. The fourth-order valence-corrected chi connectivity index (χ4v) is 1.57. The van der Waals surface area contributed by atoms with E-state index < -0.39 is 6.04 Å². The molecule has 0 aromatic rings. The van der Waals surface area contributed by atoms with Crippen molar-refractivity contribution in [2.75, 3.05) is 20.3 Å². The average molecular weight is 186 g/mol. The van der Waals surface area contributed by atoms with Gasteiger partial charge in [-0.05, 0) is 19.8 Å². The van der Waals surface area contributed by atoms with Crippen LogP contribution in [0.4, 0.5) is 0 Å². The number of carbonyl (C=O) groups excluding carboxylic acids is 1. The zero-order chi connectivity index (χ0) is 9.84. The third-order valence-corrected chi connectivity index (χ3v) is 2.48. The minimum absolute atomic E-state index is 0.0203. The van der Waals surface area contributed by atoms with E-state index in [9.17, 15) is 4.79 Å². The molecular weight excluding hydrogens is 168 g/mol. The van der Waals surface area contributed by atoms with Crippen molar-refractivity contribution in [3.8, 4) is 0 Å². The van der Waals surface area contributed by atoms with Crippen molar-refractivity contribution in [2.45, 2.75) is 31.8 Å². The molecule has 1 amide bonds. The standard InChI is InChI=1S/C9H18N2O2/c1-7(10)9(12)11(2)8-3-5-13-6-4-8/h7-8H,3-6,10H2,1-2H3. The first-order valence-corrected chi connectivity index (χ1v) is 4.73. The highest BCUT2D eigenvalue weighted by molar-refractivity contribution is 5.81. The Balaban J connectivity index is 2.45. The van der Waals surface area contributed by atoms with Crippen LogP contribution in [0.5, 0.6) is 0 Å². The Morgan fingerprint density at radius 2 is 2.08 bits per heavy atom. The lowest BCUT2D eigenvalue weighted by atomic mass is 10.1. The summed E-state index contributed by atoms with van der Waals surface area (Å²) in [5.74, 6) is 0.0203. The monoisotopic (exact) mass is 186 g/mol. The summed E-state index contributed by atoms with van der Waals surface area (Å²) in [6.07, 6.45) is 1.85. The van der Waals surface area contributed by atoms with Crippen LogP contribution < -0.4 is 5.73 Å². The van der Waals surface area contributed by atoms with Gasteiger partial charge in [-0.3, -0.25) is 4.79 Å². The van der Waals surface area contributed by atoms with Crippen LogP contribution in [-0.4, -0.2) is 43.2 Å². The Morgan fingerprint density at radius 1 is 1.54 bits per heavy atom. The second-order valence-electron chi connectivity index (χ2n) is 3.58. The van der Waals surface area contributed by atoms with Gasteiger partial charge in [0.05, 0.1) is 6.04 Å². The minimum atomic E-state index is -0.396. The summed E-state index contributed by atoms with van der Waals surface area (Å²) in [7, 11) is 1.82. The number of nitrogens with two attached hydrogens (primary N) is 1. The van der Waals surface area contributed by atoms with Gasteiger partial charge >= 0.3 is 0 Å². The summed E-state index contributed by atoms with van der Waals surface area (Å²) in [5, 5.41) is 0. The van der Waals surface area contributed by atoms with Crippen LogP contribution in [-0.2, 0) is 9.53 Å². The molecule has 1 heterocycles. The number of rotatable bonds is 2. The molecule has 13 heavy (non-hydrogen) atoms. The molecule has 76 valence electrons. The molecule has 0 saturated carbocycles. The van der Waals surface area contributed by atoms with E-state index in [0.29, 0.717) is 6.04 Å². The van der Waals surface area contributed by atoms with Crippen LogP contribution in [0.1, 0.15) is 19.8 Å². The molecule has 0 aromatic carbocycles. The normalized spacial score (nSPS) is 21.2. The second-order valence-corrected chi connectivity index (χ2v) is 3.58. The third kappa shape index (κ3) is 2.67. The molecule has 0 aliphatic carbocycles. The molecule has 2 N–H and O–H groups in total. The lowest BCUT2D eigenvalue weighted by Gasteiger charge is -2.32. The van der Waals surface area contributed by atoms with Crippen LogP contribution in [0.15, 0.2) is 0 Å². The smallest absolute Gasteiger partial charge is 0.239 e. The number of likely N-dealkylation sites (N-methyl/N-ethyl adjacent to an activating group) is 1. The van der Waals surface area contributed by atoms with E-state index in [-0.39, 0.29) is 5.91 Å². The van der Waals surface area contributed by atoms with E-state index >= 15 is 0 Å². The van der Waals surface area contributed by atoms with E-state index in [2.05, 4.69) is 0 Å². The molecule has 0 bridgehead atoms. The van der Waals surface area contributed by atoms with Gasteiger partial charge in [0.25, 0.3) is 0 Å². The molecule has 1 unspecified atom stereocenters. The van der Waals surface area contributed by atoms with E-state index in [1.165, 1.54) is 0 Å². The number of nitrogens with zero attached hydrogens (tertiary/aromatic N) is 1. The Hall–Kier alpha value is -0.610. The molecule has 1 rings (SSSR count). The summed E-state index contributed by atoms with van der Waals surface area (Å²) < 4.78 is 5.22. The van der Waals surface area contributed by atoms with E-state index in [1.807, 2.05) is 7.05 Å². The van der Waals surface area contributed by atoms with Crippen LogP contribution in [0.25, 0.3) is 0 Å². The van der Waals surface area contributed by atoms with Gasteiger partial charge in [-0.15, -0.1) is 0 Å². The van der Waals surface area contributed by atoms with E-state index in [0.717, 1.165) is 26.1 Å². The third-order valence-electron chi connectivity index (χ3n) is 2.48. The molecule has 1 aliphatic rings. The lowest BCUT2D eigenvalue weighted by molar-refractivity contribution is -0.134. The lowest BCUT2D eigenvalue weighted by Crippen LogP contribution is -2.47. The summed E-state index contributed by atoms with van der Waals surface area (Å²) in [5.41, 5.74) is 5.52. The molecule has 1 fully saturated rings. The maximum absolute atomic E-state index is 11.5. The molecular formula is C9H18N2O2. The summed E-state index contributed by atoms with van der Waals surface area (Å²) in [6, 6.07) is -0.0832. The van der Waals surface area contributed by atoms with Gasteiger partial charge in [0.2, 0.25) is 5.91 Å². The van der Waals surface area contributed by atoms with Gasteiger partial charge in [0.15, 0.2) is 0 Å². The number of ether oxygens (including phenoxy) is 1. The summed E-state index contributed by atoms with van der Waals surface area (Å²) in [6.45, 7) is 3.22. The van der Waals surface area contributed by atoms with Crippen molar-refractivity contribution in [3.63, 3.8) is 0 Å². The fourth-order valence-electron chi connectivity index (χ4n) is 1.57. The predicted octanol–water partition coefficient (Wildman–Crippen LogP) is -0.0290. The fraction of sp³-hybridized carbons (Fsp3) is 0.889. The van der Waals surface area contributed by atoms with Gasteiger partial charge in [-0.2, -0.15) is 0 Å². The summed E-state index contributed by atoms with van der Waals surface area (Å²) in [4.78, 5) is 13.3. The average Bonchev–Trinajstić information content (AvgIpc) is 2.17. The molecule has 0 radical (unpaired) electrons. The highest BCUT2D eigenvalue weighted by Gasteiger charge is 2.23. The van der Waals surface area contributed by atoms with Crippen molar-refractivity contribution in [1.82, 2.24) is 4.90 Å². The molecule has 0 spiro atoms. The minimum Gasteiger partial charge on any atom is -0.381 e. The molecule has 1 atom stereocenters. The van der Waals surface area contributed by atoms with Crippen molar-refractivity contribution >= 4 is 5.91 Å². The maximum atomic E-state index is 11.5. The van der Waals surface area contributed by atoms with Crippen LogP contribution in [0.2, 0.25) is 0 Å². The van der Waals surface area contributed by atoms with Crippen molar-refractivity contribution in [1.29, 1.82) is 0 Å². The first-order chi connectivity index (χ1) is 6.13. The van der Waals surface area contributed by atoms with Gasteiger partial charge in [0, 0.05) is 26.3 Å². The van der Waals surface area contributed by atoms with E-state index in [1.54, 1.807) is 11.8 Å². The second kappa shape index (κ2) is 4.58. The Labute approximate surface area is 79.0 Å². The molecule has 1 aliphatic heterocycles. The molecule has 0 aromatic heterocycles. The number of carbonyl (C=O) groups is 1. The Bertz CT molecular complexity index is 176. The van der Waals surface area contributed by atoms with Gasteiger partial charge in [-0.1, -0.05) is 0 Å². The first kappa shape index (κ1) is 10.5. The van der Waals surface area contributed by atoms with Gasteiger partial charge < -0.3 is 15.4 Å². The largest absolute Gasteiger partial charge is 0.381 e. The van der Waals surface area contributed by atoms with Crippen molar-refractivity contribution in [2.24, 2.45) is 5.73 Å². The van der Waals surface area contributed by atoms with Crippen LogP contribution >= 0.6 is 0 Å². The van der Waals surface area contributed by atoms with E-state index in [4.69, 9.17) is 10.5 Å². The maximum Gasteiger partial charge on any atom is 0.239 e. The number of hydrogen-bond acceptors (Lipinski definition) is 3. The Morgan fingerprint density at radius 3 is 2.54 bits per heavy atom. The SMILES string of the molecule is CC(N)C(=O)N(C)C1CCOCC1. The molecule has 4 nitrogen and oxygen atoms in total. The highest BCUT2D eigenvalue weighted by atomic mass is 16.5. The highest BCUT2D eigenvalue weighted by Crippen LogP contribution is 2.13. The topological polar surface area (TPSA) is 55.6 Å². The quantitative estimate of drug-likeness (QED) is 0.659. The predicted molar refractivity (Wildman–Crippen MR) is 50.3 cm³/mol. The first-order valence-electron chi connectivity index (χ1n) is 4.73. The van der Waals surface area contributed by atoms with Gasteiger partial charge in [-0.25, -0.2) is 0 Å². The van der Waals surface area contributed by atoms with Crippen LogP contribution in [0, 0.1) is 0 Å². The molecule has 1 saturated heterocycles. The number of amides is 1. The molecule has 4 heteroatoms. The zero-order valence-corrected chi connectivity index (χ0v) is 8.32. The van der Waals surface area contributed by atoms with Crippen molar-refractivity contribution in [3.05, 3.63) is 0 Å². The number of hydrogen-bond donors (Lipinski definition) is 1. The zero-order valence-electron chi connectivity index (χ0n) is 8.32. The van der Waals surface area contributed by atoms with Crippen molar-refractivity contribution < 1.29 is 9.53 Å². The van der Waals surface area contributed by atoms with Crippen LogP contribution in [0.3, 0.4) is 0 Å². The summed E-state index contributed by atoms with van der Waals surface area (Å²) >= 11 is 0.